The van der Waals surface area contributed by atoms with E-state index in [1.165, 1.54) is 18.2 Å². The molecule has 0 heterocycles. The quantitative estimate of drug-likeness (QED) is 0.744. The summed E-state index contributed by atoms with van der Waals surface area (Å²) in [5, 5.41) is 8.64. The molecule has 0 atom stereocenters. The molecule has 0 bridgehead atoms. The molecule has 0 fully saturated rings. The molecule has 0 spiro atoms. The van der Waals surface area contributed by atoms with Crippen molar-refractivity contribution in [3.8, 4) is 0 Å². The Morgan fingerprint density at radius 1 is 1.28 bits per heavy atom. The molecule has 1 rings (SSSR count). The van der Waals surface area contributed by atoms with E-state index >= 15 is 0 Å². The van der Waals surface area contributed by atoms with Crippen LogP contribution in [0.5, 0.6) is 0 Å². The summed E-state index contributed by atoms with van der Waals surface area (Å²) in [5.74, 6) is 0. The first kappa shape index (κ1) is 15.7. The van der Waals surface area contributed by atoms with Crippen LogP contribution in [-0.4, -0.2) is 39.9 Å². The van der Waals surface area contributed by atoms with Gasteiger partial charge in [-0.3, -0.25) is 0 Å². The number of rotatable bonds is 7. The highest BCUT2D eigenvalue weighted by Crippen LogP contribution is 2.28. The Bertz CT molecular complexity index is 493. The van der Waals surface area contributed by atoms with E-state index in [0.29, 0.717) is 0 Å². The van der Waals surface area contributed by atoms with E-state index in [1.807, 2.05) is 0 Å². The smallest absolute Gasteiger partial charge is 0.242 e. The van der Waals surface area contributed by atoms with Gasteiger partial charge in [-0.25, -0.2) is 13.1 Å². The molecule has 1 aromatic rings. The summed E-state index contributed by atoms with van der Waals surface area (Å²) < 4.78 is 31.0. The molecule has 8 heteroatoms. The van der Waals surface area contributed by atoms with Crippen LogP contribution in [0.25, 0.3) is 0 Å². The molecule has 0 radical (unpaired) electrons. The Hall–Kier alpha value is -0.370. The van der Waals surface area contributed by atoms with Crippen LogP contribution in [0.3, 0.4) is 0 Å². The lowest BCUT2D eigenvalue weighted by molar-refractivity contribution is 0.0961. The number of hydrogen-bond donors (Lipinski definition) is 2. The standard InChI is InChI=1S/C10H13Cl2NO4S/c11-8-2-1-3-9(10(8)12)18(15,16)13-4-6-17-7-5-14/h1-3,13-14H,4-7H2. The minimum Gasteiger partial charge on any atom is -0.394 e. The van der Waals surface area contributed by atoms with Gasteiger partial charge in [-0.2, -0.15) is 0 Å². The van der Waals surface area contributed by atoms with Crippen LogP contribution in [0.1, 0.15) is 0 Å². The average molecular weight is 314 g/mol. The van der Waals surface area contributed by atoms with Gasteiger partial charge in [0.15, 0.2) is 0 Å². The van der Waals surface area contributed by atoms with Gasteiger partial charge in [0, 0.05) is 6.54 Å². The SMILES string of the molecule is O=S(=O)(NCCOCCO)c1cccc(Cl)c1Cl. The second-order valence-corrected chi connectivity index (χ2v) is 5.81. The number of halogens is 2. The van der Waals surface area contributed by atoms with Crippen LogP contribution >= 0.6 is 23.2 Å². The molecule has 0 aliphatic carbocycles. The normalized spacial score (nSPS) is 11.7. The maximum Gasteiger partial charge on any atom is 0.242 e. The van der Waals surface area contributed by atoms with Gasteiger partial charge < -0.3 is 9.84 Å². The van der Waals surface area contributed by atoms with Crippen molar-refractivity contribution in [2.75, 3.05) is 26.4 Å². The highest BCUT2D eigenvalue weighted by atomic mass is 35.5. The van der Waals surface area contributed by atoms with Crippen LogP contribution in [0, 0.1) is 0 Å². The van der Waals surface area contributed by atoms with Gasteiger partial charge in [-0.1, -0.05) is 29.3 Å². The van der Waals surface area contributed by atoms with Crippen LogP contribution in [0.4, 0.5) is 0 Å². The number of benzene rings is 1. The zero-order valence-electron chi connectivity index (χ0n) is 9.40. The van der Waals surface area contributed by atoms with Gasteiger partial charge in [-0.05, 0) is 12.1 Å². The van der Waals surface area contributed by atoms with Crippen LogP contribution < -0.4 is 4.72 Å². The Kier molecular flexibility index (Phi) is 6.34. The summed E-state index contributed by atoms with van der Waals surface area (Å²) in [4.78, 5) is -0.0705. The fraction of sp³-hybridized carbons (Fsp3) is 0.400. The van der Waals surface area contributed by atoms with Gasteiger partial charge in [-0.15, -0.1) is 0 Å². The van der Waals surface area contributed by atoms with Gasteiger partial charge >= 0.3 is 0 Å². The van der Waals surface area contributed by atoms with Crippen molar-refractivity contribution in [2.45, 2.75) is 4.90 Å². The van der Waals surface area contributed by atoms with Gasteiger partial charge in [0.05, 0.1) is 29.9 Å². The minimum absolute atomic E-state index is 0.0112. The van der Waals surface area contributed by atoms with E-state index in [-0.39, 0.29) is 41.3 Å². The van der Waals surface area contributed by atoms with E-state index in [1.54, 1.807) is 0 Å². The first-order valence-electron chi connectivity index (χ1n) is 5.11. The average Bonchev–Trinajstić information content (AvgIpc) is 2.32. The molecule has 0 aliphatic rings. The summed E-state index contributed by atoms with van der Waals surface area (Å²) in [7, 11) is -3.71. The molecule has 0 unspecified atom stereocenters. The third-order valence-electron chi connectivity index (χ3n) is 1.98. The highest BCUT2D eigenvalue weighted by Gasteiger charge is 2.18. The topological polar surface area (TPSA) is 75.6 Å². The Balaban J connectivity index is 2.66. The van der Waals surface area contributed by atoms with E-state index in [4.69, 9.17) is 33.0 Å². The molecular weight excluding hydrogens is 301 g/mol. The first-order valence-corrected chi connectivity index (χ1v) is 7.35. The van der Waals surface area contributed by atoms with Gasteiger partial charge in [0.2, 0.25) is 10.0 Å². The van der Waals surface area contributed by atoms with Crippen molar-refractivity contribution in [1.82, 2.24) is 4.72 Å². The van der Waals surface area contributed by atoms with Crippen molar-refractivity contribution in [3.05, 3.63) is 28.2 Å². The van der Waals surface area contributed by atoms with E-state index in [2.05, 4.69) is 4.72 Å². The lowest BCUT2D eigenvalue weighted by Crippen LogP contribution is -2.28. The number of nitrogens with one attached hydrogen (secondary N) is 1. The summed E-state index contributed by atoms with van der Waals surface area (Å²) in [6.45, 7) is 0.315. The number of sulfonamides is 1. The van der Waals surface area contributed by atoms with Crippen molar-refractivity contribution in [3.63, 3.8) is 0 Å². The zero-order chi connectivity index (χ0) is 13.6. The second kappa shape index (κ2) is 7.28. The summed E-state index contributed by atoms with van der Waals surface area (Å²) in [5.41, 5.74) is 0. The predicted octanol–water partition coefficient (Wildman–Crippen LogP) is 1.28. The fourth-order valence-electron chi connectivity index (χ4n) is 1.18. The van der Waals surface area contributed by atoms with Crippen molar-refractivity contribution in [2.24, 2.45) is 0 Å². The van der Waals surface area contributed by atoms with Crippen LogP contribution in [0.15, 0.2) is 23.1 Å². The molecule has 0 aromatic heterocycles. The number of ether oxygens (including phenoxy) is 1. The van der Waals surface area contributed by atoms with E-state index < -0.39 is 10.0 Å². The second-order valence-electron chi connectivity index (χ2n) is 3.29. The zero-order valence-corrected chi connectivity index (χ0v) is 11.7. The fourth-order valence-corrected chi connectivity index (χ4v) is 2.96. The third kappa shape index (κ3) is 4.38. The van der Waals surface area contributed by atoms with Crippen molar-refractivity contribution < 1.29 is 18.3 Å². The molecule has 0 amide bonds. The maximum atomic E-state index is 11.9. The minimum atomic E-state index is -3.71. The molecule has 0 aliphatic heterocycles. The van der Waals surface area contributed by atoms with Crippen LogP contribution in [-0.2, 0) is 14.8 Å². The molecule has 5 nitrogen and oxygen atoms in total. The summed E-state index contributed by atoms with van der Waals surface area (Å²) in [6.07, 6.45) is 0. The first-order chi connectivity index (χ1) is 8.49. The van der Waals surface area contributed by atoms with E-state index in [0.717, 1.165) is 0 Å². The molecule has 2 N–H and O–H groups in total. The van der Waals surface area contributed by atoms with E-state index in [9.17, 15) is 8.42 Å². The maximum absolute atomic E-state index is 11.9. The van der Waals surface area contributed by atoms with Gasteiger partial charge in [0.25, 0.3) is 0 Å². The lowest BCUT2D eigenvalue weighted by Gasteiger charge is -2.09. The molecule has 18 heavy (non-hydrogen) atoms. The largest absolute Gasteiger partial charge is 0.394 e. The van der Waals surface area contributed by atoms with Crippen molar-refractivity contribution in [1.29, 1.82) is 0 Å². The molecule has 102 valence electrons. The molecule has 0 saturated carbocycles. The van der Waals surface area contributed by atoms with Crippen LogP contribution in [0.2, 0.25) is 10.0 Å². The molecule has 0 saturated heterocycles. The van der Waals surface area contributed by atoms with Gasteiger partial charge in [0.1, 0.15) is 4.90 Å². The Morgan fingerprint density at radius 3 is 2.67 bits per heavy atom. The highest BCUT2D eigenvalue weighted by molar-refractivity contribution is 7.89. The summed E-state index contributed by atoms with van der Waals surface area (Å²) in [6, 6.07) is 4.38. The number of hydrogen-bond acceptors (Lipinski definition) is 4. The predicted molar refractivity (Wildman–Crippen MR) is 69.6 cm³/mol. The summed E-state index contributed by atoms with van der Waals surface area (Å²) >= 11 is 11.6. The lowest BCUT2D eigenvalue weighted by atomic mass is 10.4. The molecular formula is C10H13Cl2NO4S. The Morgan fingerprint density at radius 2 is 2.00 bits per heavy atom. The number of aliphatic hydroxyl groups is 1. The Labute approximate surface area is 116 Å². The third-order valence-corrected chi connectivity index (χ3v) is 4.41. The molecule has 1 aromatic carbocycles. The van der Waals surface area contributed by atoms with Crippen molar-refractivity contribution >= 4 is 33.2 Å². The monoisotopic (exact) mass is 313 g/mol. The number of aliphatic hydroxyl groups excluding tert-OH is 1.